The van der Waals surface area contributed by atoms with Crippen LogP contribution in [0.5, 0.6) is 5.75 Å². The summed E-state index contributed by atoms with van der Waals surface area (Å²) in [6.45, 7) is -1.31. The molecule has 3 aromatic rings. The molecule has 2 aromatic heterocycles. The fraction of sp³-hybridized carbons (Fsp3) is 0.483. The molecular weight excluding hydrogens is 539 g/mol. The lowest BCUT2D eigenvalue weighted by atomic mass is 9.88. The van der Waals surface area contributed by atoms with E-state index in [2.05, 4.69) is 25.6 Å². The molecule has 41 heavy (non-hydrogen) atoms. The van der Waals surface area contributed by atoms with E-state index in [0.29, 0.717) is 48.8 Å². The molecule has 0 N–H and O–H groups in total. The molecule has 0 spiro atoms. The van der Waals surface area contributed by atoms with Crippen molar-refractivity contribution >= 4 is 22.4 Å². The van der Waals surface area contributed by atoms with Crippen molar-refractivity contribution in [1.29, 1.82) is 5.26 Å². The topological polar surface area (TPSA) is 92.9 Å². The molecule has 1 atom stereocenters. The Balaban J connectivity index is 1.38. The van der Waals surface area contributed by atoms with Crippen LogP contribution in [0.4, 0.5) is 24.5 Å². The van der Waals surface area contributed by atoms with Gasteiger partial charge in [-0.05, 0) is 49.9 Å². The number of benzene rings is 1. The number of rotatable bonds is 8. The fourth-order valence-electron chi connectivity index (χ4n) is 5.78. The lowest BCUT2D eigenvalue weighted by molar-refractivity contribution is -0.0846. The first-order valence-corrected chi connectivity index (χ1v) is 13.6. The van der Waals surface area contributed by atoms with Crippen molar-refractivity contribution < 1.29 is 27.4 Å². The molecule has 1 aliphatic carbocycles. The van der Waals surface area contributed by atoms with Gasteiger partial charge in [-0.15, -0.1) is 0 Å². The molecule has 2 aliphatic rings. The molecule has 3 heterocycles. The second kappa shape index (κ2) is 12.4. The number of nitriles is 1. The van der Waals surface area contributed by atoms with Crippen molar-refractivity contribution in [3.8, 4) is 11.8 Å². The van der Waals surface area contributed by atoms with Crippen LogP contribution >= 0.6 is 0 Å². The van der Waals surface area contributed by atoms with E-state index in [1.54, 1.807) is 31.3 Å². The standard InChI is InChI=1S/C29H32F3N5O4/c1-35(25-14-27(38)36(2)24-10-3-18(15-33)34-28(24)25)19-4-6-20(7-5-19)37(16-22-17-39-11-12-40-22)21-8-9-23(30)26(13-21)41-29(31)32/h3,8-10,13-14,19-20,22,29H,4-7,11-12,16-17H2,1-2H3/t19-,20+,22?. The van der Waals surface area contributed by atoms with Gasteiger partial charge in [0.25, 0.3) is 5.56 Å². The van der Waals surface area contributed by atoms with Gasteiger partial charge in [0.15, 0.2) is 11.6 Å². The van der Waals surface area contributed by atoms with Gasteiger partial charge in [-0.2, -0.15) is 14.0 Å². The molecule has 1 saturated carbocycles. The normalized spacial score (nSPS) is 21.0. The van der Waals surface area contributed by atoms with Crippen molar-refractivity contribution in [3.63, 3.8) is 0 Å². The van der Waals surface area contributed by atoms with Crippen LogP contribution in [0.2, 0.25) is 0 Å². The molecule has 1 aromatic carbocycles. The minimum absolute atomic E-state index is 0.0266. The molecule has 0 bridgehead atoms. The average Bonchev–Trinajstić information content (AvgIpc) is 2.99. The summed E-state index contributed by atoms with van der Waals surface area (Å²) in [4.78, 5) is 21.4. The summed E-state index contributed by atoms with van der Waals surface area (Å²) in [5, 5.41) is 9.39. The average molecular weight is 572 g/mol. The van der Waals surface area contributed by atoms with E-state index in [9.17, 15) is 23.2 Å². The predicted octanol–water partition coefficient (Wildman–Crippen LogP) is 4.22. The molecule has 1 saturated heterocycles. The Morgan fingerprint density at radius 2 is 1.90 bits per heavy atom. The Morgan fingerprint density at radius 3 is 2.59 bits per heavy atom. The quantitative estimate of drug-likeness (QED) is 0.397. The zero-order valence-corrected chi connectivity index (χ0v) is 22.9. The molecule has 9 nitrogen and oxygen atoms in total. The van der Waals surface area contributed by atoms with Crippen molar-refractivity contribution in [2.45, 2.75) is 50.5 Å². The van der Waals surface area contributed by atoms with E-state index in [0.717, 1.165) is 31.7 Å². The van der Waals surface area contributed by atoms with Gasteiger partial charge in [-0.25, -0.2) is 9.37 Å². The zero-order valence-electron chi connectivity index (χ0n) is 22.9. The Morgan fingerprint density at radius 1 is 1.15 bits per heavy atom. The number of nitrogens with zero attached hydrogens (tertiary/aromatic N) is 5. The maximum atomic E-state index is 14.2. The lowest BCUT2D eigenvalue weighted by Crippen LogP contribution is -2.48. The first kappa shape index (κ1) is 28.7. The summed E-state index contributed by atoms with van der Waals surface area (Å²) in [5.41, 5.74) is 2.57. The van der Waals surface area contributed by atoms with Crippen molar-refractivity contribution in [2.75, 3.05) is 43.2 Å². The van der Waals surface area contributed by atoms with E-state index in [4.69, 9.17) is 9.47 Å². The van der Waals surface area contributed by atoms with Gasteiger partial charge in [0.1, 0.15) is 17.3 Å². The zero-order chi connectivity index (χ0) is 29.1. The minimum Gasteiger partial charge on any atom is -0.432 e. The number of aryl methyl sites for hydroxylation is 1. The Bertz CT molecular complexity index is 1480. The SMILES string of the molecule is Cn1c(=O)cc(N(C)[C@H]2CC[C@@H](N(CC3COCCO3)c3ccc(F)c(OC(F)F)c3)CC2)c2nc(C#N)ccc21. The Hall–Kier alpha value is -3.82. The maximum Gasteiger partial charge on any atom is 0.387 e. The van der Waals surface area contributed by atoms with Crippen LogP contribution in [-0.4, -0.2) is 67.8 Å². The second-order valence-corrected chi connectivity index (χ2v) is 10.4. The lowest BCUT2D eigenvalue weighted by Gasteiger charge is -2.43. The molecule has 5 rings (SSSR count). The smallest absolute Gasteiger partial charge is 0.387 e. The second-order valence-electron chi connectivity index (χ2n) is 10.4. The van der Waals surface area contributed by atoms with Gasteiger partial charge in [-0.3, -0.25) is 4.79 Å². The van der Waals surface area contributed by atoms with E-state index in [1.807, 2.05) is 7.05 Å². The minimum atomic E-state index is -3.14. The molecular formula is C29H32F3N5O4. The largest absolute Gasteiger partial charge is 0.432 e. The van der Waals surface area contributed by atoms with Crippen LogP contribution < -0.4 is 20.1 Å². The highest BCUT2D eigenvalue weighted by atomic mass is 19.3. The van der Waals surface area contributed by atoms with Gasteiger partial charge in [-0.1, -0.05) is 0 Å². The number of pyridine rings is 2. The van der Waals surface area contributed by atoms with Gasteiger partial charge in [0.2, 0.25) is 0 Å². The van der Waals surface area contributed by atoms with Crippen LogP contribution in [0, 0.1) is 17.1 Å². The highest BCUT2D eigenvalue weighted by Gasteiger charge is 2.32. The number of aromatic nitrogens is 2. The van der Waals surface area contributed by atoms with Gasteiger partial charge in [0.05, 0.1) is 37.1 Å². The number of halogens is 3. The summed E-state index contributed by atoms with van der Waals surface area (Å²) in [6.07, 6.45) is 2.84. The number of fused-ring (bicyclic) bond motifs is 1. The third kappa shape index (κ3) is 6.26. The Kier molecular flexibility index (Phi) is 8.65. The van der Waals surface area contributed by atoms with Gasteiger partial charge < -0.3 is 28.6 Å². The van der Waals surface area contributed by atoms with Crippen LogP contribution in [0.25, 0.3) is 11.0 Å². The van der Waals surface area contributed by atoms with E-state index in [-0.39, 0.29) is 29.4 Å². The fourth-order valence-corrected chi connectivity index (χ4v) is 5.78. The molecule has 1 aliphatic heterocycles. The highest BCUT2D eigenvalue weighted by molar-refractivity contribution is 5.88. The molecule has 0 radical (unpaired) electrons. The third-order valence-electron chi connectivity index (χ3n) is 7.97. The van der Waals surface area contributed by atoms with Crippen molar-refractivity contribution in [3.05, 3.63) is 58.3 Å². The summed E-state index contributed by atoms with van der Waals surface area (Å²) in [6, 6.07) is 11.1. The van der Waals surface area contributed by atoms with Crippen LogP contribution in [-0.2, 0) is 16.5 Å². The number of ether oxygens (including phenoxy) is 3. The molecule has 1 unspecified atom stereocenters. The number of hydrogen-bond acceptors (Lipinski definition) is 8. The summed E-state index contributed by atoms with van der Waals surface area (Å²) >= 11 is 0. The maximum absolute atomic E-state index is 14.2. The van der Waals surface area contributed by atoms with Gasteiger partial charge in [0, 0.05) is 50.5 Å². The Labute approximate surface area is 235 Å². The number of anilines is 2. The van der Waals surface area contributed by atoms with Crippen molar-refractivity contribution in [2.24, 2.45) is 7.05 Å². The number of hydrogen-bond donors (Lipinski definition) is 0. The summed E-state index contributed by atoms with van der Waals surface area (Å²) < 4.78 is 57.5. The monoisotopic (exact) mass is 571 g/mol. The first-order valence-electron chi connectivity index (χ1n) is 13.6. The van der Waals surface area contributed by atoms with E-state index in [1.165, 1.54) is 10.6 Å². The molecule has 12 heteroatoms. The highest BCUT2D eigenvalue weighted by Crippen LogP contribution is 2.35. The van der Waals surface area contributed by atoms with Crippen LogP contribution in [0.3, 0.4) is 0 Å². The van der Waals surface area contributed by atoms with E-state index < -0.39 is 18.2 Å². The van der Waals surface area contributed by atoms with Crippen molar-refractivity contribution in [1.82, 2.24) is 9.55 Å². The van der Waals surface area contributed by atoms with Gasteiger partial charge >= 0.3 is 6.61 Å². The molecule has 0 amide bonds. The third-order valence-corrected chi connectivity index (χ3v) is 7.97. The first-order chi connectivity index (χ1) is 19.7. The summed E-state index contributed by atoms with van der Waals surface area (Å²) in [7, 11) is 3.61. The molecule has 2 fully saturated rings. The van der Waals surface area contributed by atoms with Crippen LogP contribution in [0.1, 0.15) is 31.4 Å². The number of alkyl halides is 2. The summed E-state index contributed by atoms with van der Waals surface area (Å²) in [5.74, 6) is -1.36. The molecule has 218 valence electrons. The van der Waals surface area contributed by atoms with Crippen LogP contribution in [0.15, 0.2) is 41.2 Å². The van der Waals surface area contributed by atoms with E-state index >= 15 is 0 Å². The predicted molar refractivity (Wildman–Crippen MR) is 147 cm³/mol.